The molecule has 1 aromatic heterocycles. The highest BCUT2D eigenvalue weighted by Gasteiger charge is 2.38. The predicted molar refractivity (Wildman–Crippen MR) is 149 cm³/mol. The maximum Gasteiger partial charge on any atom is 0.231 e. The summed E-state index contributed by atoms with van der Waals surface area (Å²) in [6.45, 7) is 12.0. The number of allylic oxidation sites excluding steroid dienone is 1. The molecule has 0 radical (unpaired) electrons. The molecular formula is C33H30NO5+. The highest BCUT2D eigenvalue weighted by molar-refractivity contribution is 6.30. The van der Waals surface area contributed by atoms with Crippen LogP contribution in [0.3, 0.4) is 0 Å². The van der Waals surface area contributed by atoms with Gasteiger partial charge in [-0.3, -0.25) is 4.79 Å². The van der Waals surface area contributed by atoms with Gasteiger partial charge in [0.25, 0.3) is 0 Å². The largest absolute Gasteiger partial charge is 0.454 e. The van der Waals surface area contributed by atoms with Gasteiger partial charge in [0.2, 0.25) is 25.0 Å². The van der Waals surface area contributed by atoms with Crippen LogP contribution in [0.4, 0.5) is 0 Å². The SMILES string of the molecule is C=C(C(=O)c1ccc(CC(C)C)cc1)c1c2c3c(ccc2c(C)c2[n+]1CCc1cc4c(cc1-2)OCO4)OCO3. The normalized spacial score (nSPS) is 14.5. The van der Waals surface area contributed by atoms with E-state index < -0.39 is 0 Å². The average molecular weight is 521 g/mol. The maximum atomic E-state index is 14.0. The van der Waals surface area contributed by atoms with Crippen molar-refractivity contribution in [3.05, 3.63) is 83.1 Å². The Hall–Kier alpha value is -4.32. The van der Waals surface area contributed by atoms with Gasteiger partial charge in [0, 0.05) is 22.9 Å². The van der Waals surface area contributed by atoms with Crippen LogP contribution in [0.25, 0.3) is 27.6 Å². The quantitative estimate of drug-likeness (QED) is 0.178. The van der Waals surface area contributed by atoms with Crippen LogP contribution in [0.5, 0.6) is 23.0 Å². The molecule has 4 heterocycles. The molecule has 0 bridgehead atoms. The van der Waals surface area contributed by atoms with E-state index in [4.69, 9.17) is 18.9 Å². The number of aromatic nitrogens is 1. The lowest BCUT2D eigenvalue weighted by atomic mass is 9.88. The lowest BCUT2D eigenvalue weighted by molar-refractivity contribution is -0.688. The predicted octanol–water partition coefficient (Wildman–Crippen LogP) is 6.21. The number of fused-ring (bicyclic) bond motifs is 7. The Bertz CT molecular complexity index is 1700. The van der Waals surface area contributed by atoms with Crippen LogP contribution in [-0.4, -0.2) is 19.4 Å². The Morgan fingerprint density at radius 2 is 1.67 bits per heavy atom. The number of nitrogens with zero attached hydrogens (tertiary/aromatic N) is 1. The first-order valence-corrected chi connectivity index (χ1v) is 13.4. The van der Waals surface area contributed by atoms with E-state index in [1.54, 1.807) is 0 Å². The van der Waals surface area contributed by atoms with Gasteiger partial charge in [-0.15, -0.1) is 0 Å². The van der Waals surface area contributed by atoms with Crippen molar-refractivity contribution in [2.24, 2.45) is 5.92 Å². The minimum absolute atomic E-state index is 0.0982. The lowest BCUT2D eigenvalue weighted by Gasteiger charge is -2.22. The summed E-state index contributed by atoms with van der Waals surface area (Å²) in [6.07, 6.45) is 1.77. The van der Waals surface area contributed by atoms with Gasteiger partial charge in [-0.2, -0.15) is 4.57 Å². The van der Waals surface area contributed by atoms with E-state index in [9.17, 15) is 4.79 Å². The first-order chi connectivity index (χ1) is 18.9. The van der Waals surface area contributed by atoms with E-state index in [1.807, 2.05) is 30.3 Å². The van der Waals surface area contributed by atoms with Crippen LogP contribution in [0.2, 0.25) is 0 Å². The number of ether oxygens (including phenoxy) is 4. The molecule has 7 rings (SSSR count). The minimum atomic E-state index is -0.0982. The van der Waals surface area contributed by atoms with Crippen molar-refractivity contribution < 1.29 is 28.3 Å². The number of pyridine rings is 1. The second kappa shape index (κ2) is 8.87. The smallest absolute Gasteiger partial charge is 0.231 e. The summed E-state index contributed by atoms with van der Waals surface area (Å²) in [5.41, 5.74) is 7.49. The van der Waals surface area contributed by atoms with Gasteiger partial charge in [0.1, 0.15) is 5.39 Å². The second-order valence-electron chi connectivity index (χ2n) is 10.9. The molecule has 0 saturated heterocycles. The molecule has 0 aliphatic carbocycles. The van der Waals surface area contributed by atoms with Gasteiger partial charge in [-0.25, -0.2) is 0 Å². The van der Waals surface area contributed by atoms with E-state index in [0.29, 0.717) is 35.1 Å². The Balaban J connectivity index is 1.44. The summed E-state index contributed by atoms with van der Waals surface area (Å²) < 4.78 is 25.4. The number of Topliss-reactive ketones (excluding diaryl/α,β-unsaturated/α-hetero) is 1. The zero-order chi connectivity index (χ0) is 26.8. The molecule has 0 spiro atoms. The summed E-state index contributed by atoms with van der Waals surface area (Å²) in [5, 5.41) is 1.87. The molecule has 0 amide bonds. The van der Waals surface area contributed by atoms with Crippen molar-refractivity contribution in [1.82, 2.24) is 0 Å². The molecular weight excluding hydrogens is 490 g/mol. The van der Waals surface area contributed by atoms with Crippen molar-refractivity contribution in [1.29, 1.82) is 0 Å². The van der Waals surface area contributed by atoms with E-state index >= 15 is 0 Å². The Labute approximate surface area is 227 Å². The molecule has 6 heteroatoms. The molecule has 0 fully saturated rings. The number of hydrogen-bond donors (Lipinski definition) is 0. The Kier molecular flexibility index (Phi) is 5.41. The fourth-order valence-electron chi connectivity index (χ4n) is 6.17. The van der Waals surface area contributed by atoms with Gasteiger partial charge in [-0.05, 0) is 54.7 Å². The number of benzene rings is 3. The summed E-state index contributed by atoms with van der Waals surface area (Å²) in [5.74, 6) is 3.32. The van der Waals surface area contributed by atoms with E-state index in [1.165, 1.54) is 11.1 Å². The average Bonchev–Trinajstić information content (AvgIpc) is 3.60. The zero-order valence-corrected chi connectivity index (χ0v) is 22.4. The summed E-state index contributed by atoms with van der Waals surface area (Å²) in [6, 6.07) is 16.1. The molecule has 0 unspecified atom stereocenters. The third kappa shape index (κ3) is 3.69. The minimum Gasteiger partial charge on any atom is -0.454 e. The molecule has 0 saturated carbocycles. The Morgan fingerprint density at radius 1 is 0.949 bits per heavy atom. The standard InChI is InChI=1S/C33H30NO5/c1-18(2)13-21-5-7-22(8-6-21)32(35)20(4)31-29-24(9-10-26-33(29)39-17-36-26)19(3)30-25-15-28-27(37-16-38-28)14-23(25)11-12-34(30)31/h5-10,14-15,18H,4,11-13,16-17H2,1-3H3/q+1. The third-order valence-electron chi connectivity index (χ3n) is 7.95. The number of aryl methyl sites for hydroxylation is 2. The van der Waals surface area contributed by atoms with Crippen molar-refractivity contribution in [3.8, 4) is 34.3 Å². The summed E-state index contributed by atoms with van der Waals surface area (Å²) >= 11 is 0. The molecule has 3 aromatic carbocycles. The van der Waals surface area contributed by atoms with Gasteiger partial charge in [-0.1, -0.05) is 44.7 Å². The van der Waals surface area contributed by atoms with Gasteiger partial charge >= 0.3 is 0 Å². The first kappa shape index (κ1) is 23.8. The summed E-state index contributed by atoms with van der Waals surface area (Å²) in [7, 11) is 0. The third-order valence-corrected chi connectivity index (χ3v) is 7.95. The number of hydrogen-bond acceptors (Lipinski definition) is 5. The number of carbonyl (C=O) groups excluding carboxylic acids is 1. The van der Waals surface area contributed by atoms with Crippen LogP contribution < -0.4 is 23.5 Å². The molecule has 3 aliphatic rings. The molecule has 196 valence electrons. The van der Waals surface area contributed by atoms with Crippen LogP contribution in [-0.2, 0) is 19.4 Å². The van der Waals surface area contributed by atoms with Gasteiger partial charge < -0.3 is 18.9 Å². The highest BCUT2D eigenvalue weighted by Crippen LogP contribution is 2.47. The fraction of sp³-hybridized carbons (Fsp3) is 0.273. The van der Waals surface area contributed by atoms with Gasteiger partial charge in [0.15, 0.2) is 35.3 Å². The number of carbonyl (C=O) groups is 1. The van der Waals surface area contributed by atoms with Crippen molar-refractivity contribution in [3.63, 3.8) is 0 Å². The number of rotatable bonds is 5. The molecule has 4 aromatic rings. The Morgan fingerprint density at radius 3 is 2.44 bits per heavy atom. The second-order valence-corrected chi connectivity index (χ2v) is 10.9. The van der Waals surface area contributed by atoms with E-state index in [2.05, 4.69) is 50.1 Å². The van der Waals surface area contributed by atoms with Gasteiger partial charge in [0.05, 0.1) is 11.1 Å². The van der Waals surface area contributed by atoms with Crippen LogP contribution in [0, 0.1) is 12.8 Å². The maximum absolute atomic E-state index is 14.0. The molecule has 0 N–H and O–H groups in total. The van der Waals surface area contributed by atoms with Crippen LogP contribution in [0.15, 0.2) is 55.1 Å². The van der Waals surface area contributed by atoms with Crippen molar-refractivity contribution in [2.45, 2.75) is 40.2 Å². The van der Waals surface area contributed by atoms with Crippen molar-refractivity contribution in [2.75, 3.05) is 13.6 Å². The van der Waals surface area contributed by atoms with Crippen LogP contribution in [0.1, 0.15) is 46.6 Å². The van der Waals surface area contributed by atoms with Crippen LogP contribution >= 0.6 is 0 Å². The summed E-state index contributed by atoms with van der Waals surface area (Å²) in [4.78, 5) is 14.0. The molecule has 6 nitrogen and oxygen atoms in total. The van der Waals surface area contributed by atoms with E-state index in [0.717, 1.165) is 57.6 Å². The lowest BCUT2D eigenvalue weighted by Crippen LogP contribution is -2.45. The highest BCUT2D eigenvalue weighted by atomic mass is 16.7. The monoisotopic (exact) mass is 520 g/mol. The van der Waals surface area contributed by atoms with E-state index in [-0.39, 0.29) is 19.4 Å². The molecule has 0 atom stereocenters. The van der Waals surface area contributed by atoms with Crippen molar-refractivity contribution >= 4 is 22.1 Å². The molecule has 39 heavy (non-hydrogen) atoms. The fourth-order valence-corrected chi connectivity index (χ4v) is 6.17. The topological polar surface area (TPSA) is 57.9 Å². The number of ketones is 1. The zero-order valence-electron chi connectivity index (χ0n) is 22.4. The molecule has 3 aliphatic heterocycles. The first-order valence-electron chi connectivity index (χ1n) is 13.4.